The van der Waals surface area contributed by atoms with E-state index in [1.54, 1.807) is 6.07 Å². The zero-order chi connectivity index (χ0) is 10.9. The molecule has 78 valence electrons. The molecule has 0 saturated heterocycles. The van der Waals surface area contributed by atoms with Gasteiger partial charge in [0.05, 0.1) is 11.2 Å². The summed E-state index contributed by atoms with van der Waals surface area (Å²) >= 11 is 0. The number of fused-ring (bicyclic) bond motifs is 1. The van der Waals surface area contributed by atoms with Crippen molar-refractivity contribution >= 4 is 20.9 Å². The van der Waals surface area contributed by atoms with Crippen molar-refractivity contribution in [1.82, 2.24) is 4.98 Å². The van der Waals surface area contributed by atoms with E-state index in [4.69, 9.17) is 5.14 Å². The van der Waals surface area contributed by atoms with Gasteiger partial charge in [-0.1, -0.05) is 24.3 Å². The van der Waals surface area contributed by atoms with Crippen molar-refractivity contribution in [2.24, 2.45) is 5.14 Å². The summed E-state index contributed by atoms with van der Waals surface area (Å²) in [5, 5.41) is 5.93. The van der Waals surface area contributed by atoms with Gasteiger partial charge in [0.25, 0.3) is 0 Å². The largest absolute Gasteiger partial charge is 0.252 e. The van der Waals surface area contributed by atoms with Gasteiger partial charge in [-0.15, -0.1) is 0 Å². The second kappa shape index (κ2) is 3.60. The summed E-state index contributed by atoms with van der Waals surface area (Å²) < 4.78 is 21.7. The summed E-state index contributed by atoms with van der Waals surface area (Å²) in [7, 11) is -3.51. The Kier molecular flexibility index (Phi) is 2.42. The molecule has 0 amide bonds. The number of aromatic nitrogens is 1. The first-order valence-electron chi connectivity index (χ1n) is 4.40. The van der Waals surface area contributed by atoms with E-state index in [9.17, 15) is 8.42 Å². The first-order chi connectivity index (χ1) is 7.04. The van der Waals surface area contributed by atoms with E-state index in [1.807, 2.05) is 30.3 Å². The molecule has 0 spiro atoms. The monoisotopic (exact) mass is 222 g/mol. The molecule has 0 radical (unpaired) electrons. The van der Waals surface area contributed by atoms with Crippen molar-refractivity contribution in [1.29, 1.82) is 0 Å². The van der Waals surface area contributed by atoms with Gasteiger partial charge in [0, 0.05) is 5.39 Å². The molecule has 15 heavy (non-hydrogen) atoms. The molecule has 0 saturated carbocycles. The van der Waals surface area contributed by atoms with Crippen LogP contribution in [0.15, 0.2) is 36.4 Å². The summed E-state index contributed by atoms with van der Waals surface area (Å²) in [4.78, 5) is 4.20. The van der Waals surface area contributed by atoms with Crippen molar-refractivity contribution in [3.8, 4) is 0 Å². The maximum absolute atomic E-state index is 10.9. The Morgan fingerprint density at radius 2 is 1.87 bits per heavy atom. The van der Waals surface area contributed by atoms with E-state index in [-0.39, 0.29) is 5.75 Å². The van der Waals surface area contributed by atoms with Crippen molar-refractivity contribution < 1.29 is 8.42 Å². The maximum Gasteiger partial charge on any atom is 0.214 e. The smallest absolute Gasteiger partial charge is 0.214 e. The van der Waals surface area contributed by atoms with Gasteiger partial charge < -0.3 is 0 Å². The third-order valence-electron chi connectivity index (χ3n) is 2.01. The molecule has 0 aliphatic carbocycles. The molecule has 5 heteroatoms. The summed E-state index contributed by atoms with van der Waals surface area (Å²) in [6.07, 6.45) is 0. The van der Waals surface area contributed by atoms with Crippen LogP contribution in [0, 0.1) is 0 Å². The van der Waals surface area contributed by atoms with E-state index < -0.39 is 10.0 Å². The normalized spacial score (nSPS) is 11.8. The van der Waals surface area contributed by atoms with Gasteiger partial charge in [-0.05, 0) is 12.1 Å². The van der Waals surface area contributed by atoms with Crippen LogP contribution in [0.4, 0.5) is 0 Å². The van der Waals surface area contributed by atoms with E-state index in [0.717, 1.165) is 10.9 Å². The molecule has 0 aliphatic rings. The molecule has 0 unspecified atom stereocenters. The van der Waals surface area contributed by atoms with E-state index in [2.05, 4.69) is 4.98 Å². The fourth-order valence-corrected chi connectivity index (χ4v) is 1.97. The molecule has 0 bridgehead atoms. The van der Waals surface area contributed by atoms with Gasteiger partial charge in [-0.2, -0.15) is 0 Å². The topological polar surface area (TPSA) is 73.1 Å². The lowest BCUT2D eigenvalue weighted by molar-refractivity contribution is 0.596. The zero-order valence-corrected chi connectivity index (χ0v) is 8.74. The number of pyridine rings is 1. The molecule has 1 aromatic carbocycles. The van der Waals surface area contributed by atoms with Crippen LogP contribution in [-0.4, -0.2) is 13.4 Å². The third kappa shape index (κ3) is 2.51. The molecule has 4 nitrogen and oxygen atoms in total. The van der Waals surface area contributed by atoms with Crippen LogP contribution >= 0.6 is 0 Å². The molecule has 0 aliphatic heterocycles. The molecule has 2 aromatic rings. The molecule has 2 rings (SSSR count). The average Bonchev–Trinajstić information content (AvgIpc) is 2.15. The lowest BCUT2D eigenvalue weighted by Gasteiger charge is -2.01. The van der Waals surface area contributed by atoms with Gasteiger partial charge in [-0.25, -0.2) is 13.6 Å². The lowest BCUT2D eigenvalue weighted by Crippen LogP contribution is -2.15. The predicted molar refractivity (Wildman–Crippen MR) is 58.6 cm³/mol. The van der Waals surface area contributed by atoms with Gasteiger partial charge in [0.15, 0.2) is 0 Å². The predicted octanol–water partition coefficient (Wildman–Crippen LogP) is 1.02. The number of sulfonamides is 1. The molecule has 0 fully saturated rings. The highest BCUT2D eigenvalue weighted by atomic mass is 32.2. The first kappa shape index (κ1) is 10.1. The van der Waals surface area contributed by atoms with Crippen LogP contribution in [0.2, 0.25) is 0 Å². The summed E-state index contributed by atoms with van der Waals surface area (Å²) in [5.41, 5.74) is 1.25. The Labute approximate surface area is 87.8 Å². The van der Waals surface area contributed by atoms with Gasteiger partial charge in [0.1, 0.15) is 5.75 Å². The standard InChI is InChI=1S/C10H10N2O2S/c11-15(13,14)7-9-6-5-8-3-1-2-4-10(8)12-9/h1-6H,7H2,(H2,11,13,14). The number of para-hydroxylation sites is 1. The van der Waals surface area contributed by atoms with Crippen molar-refractivity contribution in [3.05, 3.63) is 42.1 Å². The summed E-state index contributed by atoms with van der Waals surface area (Å²) in [6.45, 7) is 0. The van der Waals surface area contributed by atoms with Gasteiger partial charge in [0.2, 0.25) is 10.0 Å². The Morgan fingerprint density at radius 1 is 1.13 bits per heavy atom. The number of rotatable bonds is 2. The van der Waals surface area contributed by atoms with Crippen LogP contribution in [0.5, 0.6) is 0 Å². The molecular weight excluding hydrogens is 212 g/mol. The number of hydrogen-bond acceptors (Lipinski definition) is 3. The second-order valence-electron chi connectivity index (χ2n) is 3.30. The van der Waals surface area contributed by atoms with Crippen molar-refractivity contribution in [2.75, 3.05) is 0 Å². The Balaban J connectivity index is 2.48. The molecule has 1 aromatic heterocycles. The Hall–Kier alpha value is -1.46. The molecule has 1 heterocycles. The molecule has 2 N–H and O–H groups in total. The fourth-order valence-electron chi connectivity index (χ4n) is 1.39. The van der Waals surface area contributed by atoms with Crippen LogP contribution in [0.1, 0.15) is 5.69 Å². The van der Waals surface area contributed by atoms with Crippen LogP contribution in [-0.2, 0) is 15.8 Å². The third-order valence-corrected chi connectivity index (χ3v) is 2.70. The quantitative estimate of drug-likeness (QED) is 0.824. The highest BCUT2D eigenvalue weighted by molar-refractivity contribution is 7.88. The van der Waals surface area contributed by atoms with Gasteiger partial charge >= 0.3 is 0 Å². The highest BCUT2D eigenvalue weighted by Crippen LogP contribution is 2.12. The lowest BCUT2D eigenvalue weighted by atomic mass is 10.2. The summed E-state index contributed by atoms with van der Waals surface area (Å²) in [6, 6.07) is 11.0. The Morgan fingerprint density at radius 3 is 2.60 bits per heavy atom. The van der Waals surface area contributed by atoms with Crippen molar-refractivity contribution in [2.45, 2.75) is 5.75 Å². The first-order valence-corrected chi connectivity index (χ1v) is 6.11. The molecular formula is C10H10N2O2S. The maximum atomic E-state index is 10.9. The van der Waals surface area contributed by atoms with Gasteiger partial charge in [-0.3, -0.25) is 4.98 Å². The average molecular weight is 222 g/mol. The number of nitrogens with two attached hydrogens (primary N) is 1. The summed E-state index contributed by atoms with van der Waals surface area (Å²) in [5.74, 6) is -0.224. The fraction of sp³-hybridized carbons (Fsp3) is 0.100. The van der Waals surface area contributed by atoms with E-state index >= 15 is 0 Å². The zero-order valence-electron chi connectivity index (χ0n) is 7.92. The Bertz CT molecular complexity index is 593. The highest BCUT2D eigenvalue weighted by Gasteiger charge is 2.06. The van der Waals surface area contributed by atoms with Crippen LogP contribution < -0.4 is 5.14 Å². The minimum atomic E-state index is -3.51. The van der Waals surface area contributed by atoms with Crippen LogP contribution in [0.3, 0.4) is 0 Å². The second-order valence-corrected chi connectivity index (χ2v) is 4.92. The minimum Gasteiger partial charge on any atom is -0.252 e. The minimum absolute atomic E-state index is 0.224. The number of nitrogens with zero attached hydrogens (tertiary/aromatic N) is 1. The SMILES string of the molecule is NS(=O)(=O)Cc1ccc2ccccc2n1. The van der Waals surface area contributed by atoms with E-state index in [1.165, 1.54) is 0 Å². The number of benzene rings is 1. The van der Waals surface area contributed by atoms with Crippen molar-refractivity contribution in [3.63, 3.8) is 0 Å². The van der Waals surface area contributed by atoms with Crippen LogP contribution in [0.25, 0.3) is 10.9 Å². The number of hydrogen-bond donors (Lipinski definition) is 1. The number of primary sulfonamides is 1. The van der Waals surface area contributed by atoms with E-state index in [0.29, 0.717) is 5.69 Å². The molecule has 0 atom stereocenters.